The van der Waals surface area contributed by atoms with Crippen molar-refractivity contribution in [2.75, 3.05) is 11.9 Å². The molecule has 4 heteroatoms. The van der Waals surface area contributed by atoms with Gasteiger partial charge in [-0.2, -0.15) is 0 Å². The summed E-state index contributed by atoms with van der Waals surface area (Å²) in [4.78, 5) is 3.90. The van der Waals surface area contributed by atoms with Gasteiger partial charge < -0.3 is 0 Å². The molecule has 92 valence electrons. The zero-order valence-corrected chi connectivity index (χ0v) is 13.0. The summed E-state index contributed by atoms with van der Waals surface area (Å²) in [7, 11) is 0. The fourth-order valence-corrected chi connectivity index (χ4v) is 3.51. The Labute approximate surface area is 116 Å². The molecule has 0 radical (unpaired) electrons. The predicted octanol–water partition coefficient (Wildman–Crippen LogP) is 4.79. The molecular weight excluding hydrogens is 306 g/mol. The third-order valence-electron chi connectivity index (χ3n) is 2.82. The van der Waals surface area contributed by atoms with Gasteiger partial charge in [-0.15, -0.1) is 11.3 Å². The normalized spacial score (nSPS) is 11.6. The number of nitrogens with zero attached hydrogens (tertiary/aromatic N) is 1. The minimum atomic E-state index is 0.679. The van der Waals surface area contributed by atoms with E-state index in [-0.39, 0.29) is 0 Å². The smallest absolute Gasteiger partial charge is 0.0931 e. The van der Waals surface area contributed by atoms with Crippen molar-refractivity contribution in [3.8, 4) is 0 Å². The molecule has 0 aliphatic heterocycles. The van der Waals surface area contributed by atoms with Gasteiger partial charge in [0.2, 0.25) is 0 Å². The van der Waals surface area contributed by atoms with E-state index < -0.39 is 0 Å². The number of hydrogen-bond acceptors (Lipinski definition) is 2. The van der Waals surface area contributed by atoms with Gasteiger partial charge in [-0.25, -0.2) is 0 Å². The van der Waals surface area contributed by atoms with E-state index in [1.165, 1.54) is 17.7 Å². The van der Waals surface area contributed by atoms with Crippen molar-refractivity contribution < 1.29 is 0 Å². The van der Waals surface area contributed by atoms with E-state index in [4.69, 9.17) is 11.6 Å². The Morgan fingerprint density at radius 3 is 2.50 bits per heavy atom. The van der Waals surface area contributed by atoms with Gasteiger partial charge in [0.25, 0.3) is 0 Å². The van der Waals surface area contributed by atoms with E-state index in [0.717, 1.165) is 22.8 Å². The summed E-state index contributed by atoms with van der Waals surface area (Å²) in [6, 6.07) is 4.80. The standard InChI is InChI=1S/C12H19BrClNS/c1-3-10(4-2)15(8-7-13)9-11-5-6-12(14)16-11/h5-6,10H,3-4,7-9H2,1-2H3. The molecule has 1 nitrogen and oxygen atoms in total. The molecule has 0 bridgehead atoms. The van der Waals surface area contributed by atoms with E-state index >= 15 is 0 Å². The molecule has 16 heavy (non-hydrogen) atoms. The molecule has 0 aromatic carbocycles. The van der Waals surface area contributed by atoms with Crippen LogP contribution in [0.1, 0.15) is 31.6 Å². The maximum Gasteiger partial charge on any atom is 0.0931 e. The highest BCUT2D eigenvalue weighted by molar-refractivity contribution is 9.09. The number of alkyl halides is 1. The third kappa shape index (κ3) is 4.36. The van der Waals surface area contributed by atoms with E-state index in [9.17, 15) is 0 Å². The lowest BCUT2D eigenvalue weighted by atomic mass is 10.1. The first kappa shape index (κ1) is 14.5. The highest BCUT2D eigenvalue weighted by Gasteiger charge is 2.15. The largest absolute Gasteiger partial charge is 0.295 e. The van der Waals surface area contributed by atoms with Crippen LogP contribution in [-0.4, -0.2) is 22.8 Å². The Hall–Kier alpha value is 0.430. The first-order valence-electron chi connectivity index (χ1n) is 5.75. The minimum absolute atomic E-state index is 0.679. The van der Waals surface area contributed by atoms with Gasteiger partial charge in [-0.1, -0.05) is 41.4 Å². The molecule has 0 atom stereocenters. The minimum Gasteiger partial charge on any atom is -0.295 e. The summed E-state index contributed by atoms with van der Waals surface area (Å²) in [5.41, 5.74) is 0. The second-order valence-corrected chi connectivity index (χ2v) is 6.43. The Bertz CT molecular complexity index is 299. The topological polar surface area (TPSA) is 3.24 Å². The summed E-state index contributed by atoms with van der Waals surface area (Å²) >= 11 is 11.2. The summed E-state index contributed by atoms with van der Waals surface area (Å²) in [5, 5.41) is 1.03. The lowest BCUT2D eigenvalue weighted by molar-refractivity contribution is 0.191. The molecule has 0 fully saturated rings. The van der Waals surface area contributed by atoms with Crippen LogP contribution in [0.15, 0.2) is 12.1 Å². The molecular formula is C12H19BrClNS. The van der Waals surface area contributed by atoms with Gasteiger partial charge in [0.15, 0.2) is 0 Å². The van der Waals surface area contributed by atoms with Crippen LogP contribution >= 0.6 is 38.9 Å². The van der Waals surface area contributed by atoms with Crippen LogP contribution in [0.5, 0.6) is 0 Å². The average Bonchev–Trinajstić information content (AvgIpc) is 2.66. The van der Waals surface area contributed by atoms with Crippen LogP contribution in [0.3, 0.4) is 0 Å². The van der Waals surface area contributed by atoms with Crippen LogP contribution in [0, 0.1) is 0 Å². The van der Waals surface area contributed by atoms with Crippen LogP contribution in [0.2, 0.25) is 4.34 Å². The van der Waals surface area contributed by atoms with Gasteiger partial charge in [0.1, 0.15) is 0 Å². The molecule has 0 N–H and O–H groups in total. The summed E-state index contributed by atoms with van der Waals surface area (Å²) in [6.45, 7) is 6.64. The van der Waals surface area contributed by atoms with Crippen LogP contribution in [0.4, 0.5) is 0 Å². The summed E-state index contributed by atoms with van der Waals surface area (Å²) < 4.78 is 0.887. The molecule has 1 aromatic heterocycles. The molecule has 0 saturated heterocycles. The van der Waals surface area contributed by atoms with Crippen molar-refractivity contribution in [1.29, 1.82) is 0 Å². The van der Waals surface area contributed by atoms with E-state index in [1.807, 2.05) is 6.07 Å². The van der Waals surface area contributed by atoms with Gasteiger partial charge >= 0.3 is 0 Å². The van der Waals surface area contributed by atoms with Crippen molar-refractivity contribution in [2.24, 2.45) is 0 Å². The quantitative estimate of drug-likeness (QED) is 0.652. The SMILES string of the molecule is CCC(CC)N(CCBr)Cc1ccc(Cl)s1. The van der Waals surface area contributed by atoms with Crippen molar-refractivity contribution in [3.05, 3.63) is 21.3 Å². The number of hydrogen-bond donors (Lipinski definition) is 0. The fourth-order valence-electron chi connectivity index (χ4n) is 1.94. The zero-order valence-electron chi connectivity index (χ0n) is 9.88. The van der Waals surface area contributed by atoms with Crippen molar-refractivity contribution in [3.63, 3.8) is 0 Å². The van der Waals surface area contributed by atoms with Crippen LogP contribution in [0.25, 0.3) is 0 Å². The lowest BCUT2D eigenvalue weighted by Crippen LogP contribution is -2.35. The molecule has 1 rings (SSSR count). The Balaban J connectivity index is 2.63. The maximum absolute atomic E-state index is 5.96. The first-order valence-corrected chi connectivity index (χ1v) is 8.07. The summed E-state index contributed by atoms with van der Waals surface area (Å²) in [5.74, 6) is 0. The highest BCUT2D eigenvalue weighted by atomic mass is 79.9. The van der Waals surface area contributed by atoms with Gasteiger partial charge in [-0.05, 0) is 25.0 Å². The maximum atomic E-state index is 5.96. The number of thiophene rings is 1. The Morgan fingerprint density at radius 1 is 1.38 bits per heavy atom. The number of rotatable bonds is 7. The fraction of sp³-hybridized carbons (Fsp3) is 0.667. The predicted molar refractivity (Wildman–Crippen MR) is 77.9 cm³/mol. The molecule has 0 saturated carbocycles. The molecule has 0 aliphatic rings. The van der Waals surface area contributed by atoms with Crippen LogP contribution in [-0.2, 0) is 6.54 Å². The van der Waals surface area contributed by atoms with E-state index in [1.54, 1.807) is 11.3 Å². The Kier molecular flexibility index (Phi) is 6.97. The number of halogens is 2. The highest BCUT2D eigenvalue weighted by Crippen LogP contribution is 2.24. The first-order chi connectivity index (χ1) is 7.71. The molecule has 0 unspecified atom stereocenters. The zero-order chi connectivity index (χ0) is 12.0. The molecule has 0 amide bonds. The van der Waals surface area contributed by atoms with Crippen LogP contribution < -0.4 is 0 Å². The molecule has 1 heterocycles. The third-order valence-corrected chi connectivity index (χ3v) is 4.39. The van der Waals surface area contributed by atoms with E-state index in [0.29, 0.717) is 6.04 Å². The molecule has 0 spiro atoms. The monoisotopic (exact) mass is 323 g/mol. The Morgan fingerprint density at radius 2 is 2.06 bits per heavy atom. The van der Waals surface area contributed by atoms with Gasteiger partial charge in [0.05, 0.1) is 4.34 Å². The van der Waals surface area contributed by atoms with Crippen molar-refractivity contribution >= 4 is 38.9 Å². The van der Waals surface area contributed by atoms with Crippen molar-refractivity contribution in [1.82, 2.24) is 4.90 Å². The van der Waals surface area contributed by atoms with E-state index in [2.05, 4.69) is 40.7 Å². The molecule has 0 aliphatic carbocycles. The van der Waals surface area contributed by atoms with Gasteiger partial charge in [-0.3, -0.25) is 4.90 Å². The van der Waals surface area contributed by atoms with Crippen molar-refractivity contribution in [2.45, 2.75) is 39.3 Å². The summed E-state index contributed by atoms with van der Waals surface area (Å²) in [6.07, 6.45) is 2.42. The second kappa shape index (κ2) is 7.70. The average molecular weight is 325 g/mol. The lowest BCUT2D eigenvalue weighted by Gasteiger charge is -2.29. The molecule has 1 aromatic rings. The van der Waals surface area contributed by atoms with Gasteiger partial charge in [0, 0.05) is 29.3 Å². The second-order valence-electron chi connectivity index (χ2n) is 3.84.